The van der Waals surface area contributed by atoms with E-state index in [1.54, 1.807) is 0 Å². The van der Waals surface area contributed by atoms with E-state index in [0.29, 0.717) is 0 Å². The highest BCUT2D eigenvalue weighted by Gasteiger charge is 2.15. The molecule has 72 valence electrons. The zero-order valence-electron chi connectivity index (χ0n) is 6.40. The molecule has 0 aliphatic carbocycles. The maximum absolute atomic E-state index is 12.2. The summed E-state index contributed by atoms with van der Waals surface area (Å²) in [6, 6.07) is 1.23. The van der Waals surface area contributed by atoms with Crippen molar-refractivity contribution in [3.63, 3.8) is 0 Å². The molecule has 1 heterocycles. The van der Waals surface area contributed by atoms with E-state index in [-0.39, 0.29) is 22.3 Å². The number of halogens is 4. The van der Waals surface area contributed by atoms with Gasteiger partial charge >= 0.3 is 0 Å². The molecule has 0 radical (unpaired) electrons. The molecule has 0 unspecified atom stereocenters. The van der Waals surface area contributed by atoms with Gasteiger partial charge in [-0.25, -0.2) is 13.8 Å². The Balaban J connectivity index is 3.22. The Morgan fingerprint density at radius 1 is 1.54 bits per heavy atom. The summed E-state index contributed by atoms with van der Waals surface area (Å²) in [5.41, 5.74) is 4.90. The molecule has 1 rings (SSSR count). The van der Waals surface area contributed by atoms with Gasteiger partial charge in [-0.2, -0.15) is 0 Å². The van der Waals surface area contributed by atoms with Gasteiger partial charge in [0, 0.05) is 0 Å². The van der Waals surface area contributed by atoms with Crippen LogP contribution in [-0.2, 0) is 5.88 Å². The lowest BCUT2D eigenvalue weighted by Crippen LogP contribution is -2.01. The van der Waals surface area contributed by atoms with Crippen molar-refractivity contribution >= 4 is 28.9 Å². The number of nitrogen functional groups attached to an aromatic ring is 1. The second-order valence-electron chi connectivity index (χ2n) is 2.33. The van der Waals surface area contributed by atoms with Crippen molar-refractivity contribution in [2.24, 2.45) is 0 Å². The van der Waals surface area contributed by atoms with Crippen LogP contribution in [0.4, 0.5) is 14.5 Å². The normalized spacial score (nSPS) is 10.8. The van der Waals surface area contributed by atoms with Crippen LogP contribution < -0.4 is 5.73 Å². The summed E-state index contributed by atoms with van der Waals surface area (Å²) >= 11 is 11.1. The summed E-state index contributed by atoms with van der Waals surface area (Å²) in [6.07, 6.45) is -2.71. The van der Waals surface area contributed by atoms with Crippen LogP contribution in [0, 0.1) is 0 Å². The maximum Gasteiger partial charge on any atom is 0.282 e. The van der Waals surface area contributed by atoms with E-state index in [9.17, 15) is 8.78 Å². The average molecular weight is 227 g/mol. The van der Waals surface area contributed by atoms with Crippen LogP contribution in [-0.4, -0.2) is 4.98 Å². The van der Waals surface area contributed by atoms with E-state index in [2.05, 4.69) is 4.98 Å². The third kappa shape index (κ3) is 2.19. The molecule has 13 heavy (non-hydrogen) atoms. The number of anilines is 1. The van der Waals surface area contributed by atoms with E-state index >= 15 is 0 Å². The second kappa shape index (κ2) is 4.07. The molecule has 6 heteroatoms. The molecule has 0 saturated heterocycles. The summed E-state index contributed by atoms with van der Waals surface area (Å²) in [5, 5.41) is 0.205. The third-order valence-corrected chi connectivity index (χ3v) is 2.02. The molecule has 0 atom stereocenters. The highest BCUT2D eigenvalue weighted by Crippen LogP contribution is 2.27. The quantitative estimate of drug-likeness (QED) is 0.788. The molecule has 2 nitrogen and oxygen atoms in total. The van der Waals surface area contributed by atoms with E-state index in [0.717, 1.165) is 0 Å². The topological polar surface area (TPSA) is 38.9 Å². The number of pyridine rings is 1. The van der Waals surface area contributed by atoms with Gasteiger partial charge in [0.05, 0.1) is 22.3 Å². The zero-order chi connectivity index (χ0) is 10.0. The van der Waals surface area contributed by atoms with Crippen molar-refractivity contribution < 1.29 is 8.78 Å². The average Bonchev–Trinajstić information content (AvgIpc) is 2.03. The molecule has 1 aromatic rings. The van der Waals surface area contributed by atoms with Crippen molar-refractivity contribution in [3.05, 3.63) is 22.5 Å². The molecule has 0 spiro atoms. The Labute approximate surface area is 83.7 Å². The van der Waals surface area contributed by atoms with Crippen molar-refractivity contribution in [2.75, 3.05) is 5.73 Å². The van der Waals surface area contributed by atoms with E-state index in [4.69, 9.17) is 28.9 Å². The van der Waals surface area contributed by atoms with Gasteiger partial charge in [-0.05, 0) is 6.07 Å². The van der Waals surface area contributed by atoms with Crippen LogP contribution >= 0.6 is 23.2 Å². The number of alkyl halides is 3. The molecule has 0 saturated carbocycles. The van der Waals surface area contributed by atoms with Crippen LogP contribution in [0.5, 0.6) is 0 Å². The van der Waals surface area contributed by atoms with Gasteiger partial charge in [0.25, 0.3) is 6.43 Å². The molecular formula is C7H6Cl2F2N2. The predicted octanol–water partition coefficient (Wildman–Crippen LogP) is 2.99. The third-order valence-electron chi connectivity index (χ3n) is 1.44. The van der Waals surface area contributed by atoms with Crippen LogP contribution in [0.3, 0.4) is 0 Å². The predicted molar refractivity (Wildman–Crippen MR) is 48.2 cm³/mol. The molecule has 0 aliphatic heterocycles. The van der Waals surface area contributed by atoms with Crippen LogP contribution in [0.25, 0.3) is 0 Å². The fourth-order valence-electron chi connectivity index (χ4n) is 0.826. The molecule has 0 amide bonds. The Hall–Kier alpha value is -0.610. The Bertz CT molecular complexity index is 318. The summed E-state index contributed by atoms with van der Waals surface area (Å²) in [5.74, 6) is -0.0150. The zero-order valence-corrected chi connectivity index (χ0v) is 7.91. The number of nitrogens with two attached hydrogens (primary N) is 1. The van der Waals surface area contributed by atoms with Gasteiger partial charge in [0.15, 0.2) is 0 Å². The smallest absolute Gasteiger partial charge is 0.282 e. The lowest BCUT2D eigenvalue weighted by atomic mass is 10.2. The second-order valence-corrected chi connectivity index (χ2v) is 3.00. The molecule has 0 bridgehead atoms. The van der Waals surface area contributed by atoms with Gasteiger partial charge in [-0.3, -0.25) is 0 Å². The Morgan fingerprint density at radius 3 is 2.62 bits per heavy atom. The van der Waals surface area contributed by atoms with Gasteiger partial charge in [-0.1, -0.05) is 11.6 Å². The number of rotatable bonds is 2. The van der Waals surface area contributed by atoms with Crippen molar-refractivity contribution in [3.8, 4) is 0 Å². The molecular weight excluding hydrogens is 221 g/mol. The van der Waals surface area contributed by atoms with E-state index in [1.165, 1.54) is 6.07 Å². The highest BCUT2D eigenvalue weighted by molar-refractivity contribution is 6.32. The fourth-order valence-corrected chi connectivity index (χ4v) is 1.32. The first-order valence-corrected chi connectivity index (χ1v) is 4.26. The van der Waals surface area contributed by atoms with E-state index in [1.807, 2.05) is 0 Å². The minimum Gasteiger partial charge on any atom is -0.397 e. The van der Waals surface area contributed by atoms with Gasteiger partial charge < -0.3 is 5.73 Å². The highest BCUT2D eigenvalue weighted by atomic mass is 35.5. The molecule has 2 N–H and O–H groups in total. The van der Waals surface area contributed by atoms with Crippen LogP contribution in [0.15, 0.2) is 6.07 Å². The minimum atomic E-state index is -2.71. The summed E-state index contributed by atoms with van der Waals surface area (Å²) in [7, 11) is 0. The first-order valence-electron chi connectivity index (χ1n) is 3.35. The minimum absolute atomic E-state index is 0.0150. The largest absolute Gasteiger partial charge is 0.397 e. The number of nitrogens with zero attached hydrogens (tertiary/aromatic N) is 1. The van der Waals surface area contributed by atoms with Crippen molar-refractivity contribution in [1.82, 2.24) is 4.98 Å². The Morgan fingerprint density at radius 2 is 2.15 bits per heavy atom. The molecule has 0 aliphatic rings. The molecule has 0 fully saturated rings. The summed E-state index contributed by atoms with van der Waals surface area (Å²) in [6.45, 7) is 0. The first-order chi connectivity index (χ1) is 6.06. The summed E-state index contributed by atoms with van der Waals surface area (Å²) < 4.78 is 24.5. The standard InChI is InChI=1S/C7H6Cl2F2N2/c8-2-5-3(9)1-4(12)6(13-5)7(10)11/h1,7H,2,12H2. The van der Waals surface area contributed by atoms with Crippen molar-refractivity contribution in [2.45, 2.75) is 12.3 Å². The van der Waals surface area contributed by atoms with Crippen LogP contribution in [0.1, 0.15) is 17.8 Å². The van der Waals surface area contributed by atoms with Crippen LogP contribution in [0.2, 0.25) is 5.02 Å². The number of aromatic nitrogens is 1. The van der Waals surface area contributed by atoms with E-state index < -0.39 is 12.1 Å². The van der Waals surface area contributed by atoms with Gasteiger partial charge in [0.1, 0.15) is 5.69 Å². The number of hydrogen-bond acceptors (Lipinski definition) is 2. The lowest BCUT2D eigenvalue weighted by molar-refractivity contribution is 0.147. The summed E-state index contributed by atoms with van der Waals surface area (Å²) in [4.78, 5) is 3.55. The molecule has 1 aromatic heterocycles. The fraction of sp³-hybridized carbons (Fsp3) is 0.286. The SMILES string of the molecule is Nc1cc(Cl)c(CCl)nc1C(F)F. The molecule has 0 aromatic carbocycles. The van der Waals surface area contributed by atoms with Gasteiger partial charge in [0.2, 0.25) is 0 Å². The number of hydrogen-bond donors (Lipinski definition) is 1. The van der Waals surface area contributed by atoms with Gasteiger partial charge in [-0.15, -0.1) is 11.6 Å². The Kier molecular flexibility index (Phi) is 3.27. The lowest BCUT2D eigenvalue weighted by Gasteiger charge is -2.06. The maximum atomic E-state index is 12.2. The first kappa shape index (κ1) is 10.5. The monoisotopic (exact) mass is 226 g/mol. The van der Waals surface area contributed by atoms with Crippen molar-refractivity contribution in [1.29, 1.82) is 0 Å².